The van der Waals surface area contributed by atoms with Crippen LogP contribution in [0.2, 0.25) is 0 Å². The van der Waals surface area contributed by atoms with E-state index in [9.17, 15) is 4.79 Å². The summed E-state index contributed by atoms with van der Waals surface area (Å²) in [5.74, 6) is 0. The van der Waals surface area contributed by atoms with Crippen LogP contribution in [0.3, 0.4) is 0 Å². The van der Waals surface area contributed by atoms with Gasteiger partial charge in [-0.3, -0.25) is 14.7 Å². The number of rotatable bonds is 3. The summed E-state index contributed by atoms with van der Waals surface area (Å²) in [6, 6.07) is 18.9. The maximum Gasteiger partial charge on any atom is 0.255 e. The van der Waals surface area contributed by atoms with Crippen molar-refractivity contribution in [2.45, 2.75) is 19.5 Å². The van der Waals surface area contributed by atoms with Crippen LogP contribution in [-0.2, 0) is 19.5 Å². The van der Waals surface area contributed by atoms with Gasteiger partial charge in [0.1, 0.15) is 0 Å². The number of aromatic amines is 3. The zero-order valence-electron chi connectivity index (χ0n) is 15.3. The number of hydrogen-bond acceptors (Lipinski definition) is 3. The number of hydrogen-bond donors (Lipinski definition) is 3. The molecule has 1 aliphatic heterocycles. The van der Waals surface area contributed by atoms with E-state index in [1.54, 1.807) is 0 Å². The lowest BCUT2D eigenvalue weighted by molar-refractivity contribution is 0.241. The molecule has 2 aromatic heterocycles. The van der Waals surface area contributed by atoms with Crippen LogP contribution in [0.5, 0.6) is 0 Å². The van der Waals surface area contributed by atoms with E-state index in [0.717, 1.165) is 42.0 Å². The molecular formula is C22H20N4OS. The predicted octanol–water partition coefficient (Wildman–Crippen LogP) is 4.14. The maximum absolute atomic E-state index is 12.2. The quantitative estimate of drug-likeness (QED) is 0.462. The van der Waals surface area contributed by atoms with Crippen LogP contribution in [-0.4, -0.2) is 26.4 Å². The zero-order valence-corrected chi connectivity index (χ0v) is 16.1. The van der Waals surface area contributed by atoms with Crippen molar-refractivity contribution < 1.29 is 0 Å². The highest BCUT2D eigenvalue weighted by Crippen LogP contribution is 2.32. The standard InChI is InChI=1S/C22H20N4OS/c27-21-16-10-11-26(13-19(16)24-22(28)25-21)12-17-15-8-4-5-9-18(15)23-20(17)14-6-2-1-3-7-14/h1-9,23H,10-13H2,(H2,24,25,27,28). The molecule has 1 aliphatic rings. The van der Waals surface area contributed by atoms with Crippen molar-refractivity contribution in [2.75, 3.05) is 6.54 Å². The number of fused-ring (bicyclic) bond motifs is 2. The summed E-state index contributed by atoms with van der Waals surface area (Å²) >= 11 is 5.15. The van der Waals surface area contributed by atoms with Crippen molar-refractivity contribution >= 4 is 23.1 Å². The van der Waals surface area contributed by atoms with Crippen LogP contribution < -0.4 is 5.56 Å². The SMILES string of the molecule is O=c1[nH]c(=S)[nH]c2c1CCN(Cc1c(-c3ccccc3)[nH]c3ccccc13)C2. The summed E-state index contributed by atoms with van der Waals surface area (Å²) in [4.78, 5) is 24.0. The van der Waals surface area contributed by atoms with Gasteiger partial charge in [0.2, 0.25) is 0 Å². The molecule has 3 N–H and O–H groups in total. The Kier molecular flexibility index (Phi) is 4.22. The average molecular weight is 388 g/mol. The normalized spacial score (nSPS) is 14.3. The van der Waals surface area contributed by atoms with Crippen LogP contribution in [0.25, 0.3) is 22.2 Å². The van der Waals surface area contributed by atoms with Crippen molar-refractivity contribution in [3.8, 4) is 11.3 Å². The molecule has 2 aromatic carbocycles. The molecule has 0 radical (unpaired) electrons. The lowest BCUT2D eigenvalue weighted by atomic mass is 10.0. The van der Waals surface area contributed by atoms with Gasteiger partial charge in [0, 0.05) is 41.8 Å². The Labute approximate surface area is 167 Å². The fraction of sp³-hybridized carbons (Fsp3) is 0.182. The topological polar surface area (TPSA) is 67.7 Å². The minimum atomic E-state index is -0.0598. The molecule has 0 aliphatic carbocycles. The minimum absolute atomic E-state index is 0.0598. The molecule has 3 heterocycles. The third-order valence-electron chi connectivity index (χ3n) is 5.45. The highest BCUT2D eigenvalue weighted by atomic mass is 32.1. The fourth-order valence-electron chi connectivity index (χ4n) is 4.11. The highest BCUT2D eigenvalue weighted by Gasteiger charge is 2.22. The number of para-hydroxylation sites is 1. The summed E-state index contributed by atoms with van der Waals surface area (Å²) in [6.45, 7) is 2.34. The van der Waals surface area contributed by atoms with Gasteiger partial charge in [-0.1, -0.05) is 48.5 Å². The average Bonchev–Trinajstić information content (AvgIpc) is 3.07. The van der Waals surface area contributed by atoms with Gasteiger partial charge < -0.3 is 9.97 Å². The van der Waals surface area contributed by atoms with Crippen molar-refractivity contribution in [1.82, 2.24) is 19.9 Å². The number of aromatic nitrogens is 3. The molecule has 0 amide bonds. The highest BCUT2D eigenvalue weighted by molar-refractivity contribution is 7.71. The van der Waals surface area contributed by atoms with Gasteiger partial charge >= 0.3 is 0 Å². The summed E-state index contributed by atoms with van der Waals surface area (Å²) in [5, 5.41) is 1.24. The fourth-order valence-corrected chi connectivity index (χ4v) is 4.32. The second kappa shape index (κ2) is 6.89. The number of H-pyrrole nitrogens is 3. The van der Waals surface area contributed by atoms with Gasteiger partial charge in [0.25, 0.3) is 5.56 Å². The predicted molar refractivity (Wildman–Crippen MR) is 114 cm³/mol. The van der Waals surface area contributed by atoms with Crippen LogP contribution in [0.1, 0.15) is 16.8 Å². The lowest BCUT2D eigenvalue weighted by Gasteiger charge is -2.28. The molecule has 140 valence electrons. The summed E-state index contributed by atoms with van der Waals surface area (Å²) in [7, 11) is 0. The maximum atomic E-state index is 12.2. The molecular weight excluding hydrogens is 368 g/mol. The van der Waals surface area contributed by atoms with Crippen molar-refractivity contribution in [1.29, 1.82) is 0 Å². The molecule has 6 heteroatoms. The first-order chi connectivity index (χ1) is 13.7. The van der Waals surface area contributed by atoms with Crippen molar-refractivity contribution in [3.63, 3.8) is 0 Å². The van der Waals surface area contributed by atoms with Gasteiger partial charge in [-0.2, -0.15) is 0 Å². The van der Waals surface area contributed by atoms with E-state index in [2.05, 4.69) is 68.4 Å². The molecule has 0 atom stereocenters. The molecule has 5 rings (SSSR count). The Morgan fingerprint density at radius 3 is 2.61 bits per heavy atom. The monoisotopic (exact) mass is 388 g/mol. The van der Waals surface area contributed by atoms with E-state index in [1.165, 1.54) is 16.5 Å². The molecule has 0 unspecified atom stereocenters. The Bertz CT molecular complexity index is 1270. The first-order valence-corrected chi connectivity index (χ1v) is 9.81. The molecule has 0 saturated carbocycles. The second-order valence-electron chi connectivity index (χ2n) is 7.22. The summed E-state index contributed by atoms with van der Waals surface area (Å²) in [5.41, 5.74) is 6.47. The van der Waals surface area contributed by atoms with E-state index in [4.69, 9.17) is 12.2 Å². The van der Waals surface area contributed by atoms with Crippen LogP contribution in [0.4, 0.5) is 0 Å². The summed E-state index contributed by atoms with van der Waals surface area (Å²) in [6.07, 6.45) is 0.722. The number of benzene rings is 2. The summed E-state index contributed by atoms with van der Waals surface area (Å²) < 4.78 is 0.391. The zero-order chi connectivity index (χ0) is 19.1. The van der Waals surface area contributed by atoms with E-state index < -0.39 is 0 Å². The van der Waals surface area contributed by atoms with Gasteiger partial charge in [0.15, 0.2) is 4.77 Å². The van der Waals surface area contributed by atoms with Crippen LogP contribution in [0, 0.1) is 4.77 Å². The number of nitrogens with one attached hydrogen (secondary N) is 3. The van der Waals surface area contributed by atoms with Crippen LogP contribution in [0.15, 0.2) is 59.4 Å². The van der Waals surface area contributed by atoms with Crippen molar-refractivity contribution in [3.05, 3.63) is 86.5 Å². The van der Waals surface area contributed by atoms with E-state index >= 15 is 0 Å². The third-order valence-corrected chi connectivity index (χ3v) is 5.65. The Morgan fingerprint density at radius 2 is 1.75 bits per heavy atom. The Hall–Kier alpha value is -2.96. The molecule has 0 saturated heterocycles. The van der Waals surface area contributed by atoms with E-state index in [1.807, 2.05) is 6.07 Å². The second-order valence-corrected chi connectivity index (χ2v) is 7.62. The van der Waals surface area contributed by atoms with Gasteiger partial charge in [0.05, 0.1) is 5.69 Å². The van der Waals surface area contributed by atoms with Gasteiger partial charge in [-0.15, -0.1) is 0 Å². The minimum Gasteiger partial charge on any atom is -0.354 e. The largest absolute Gasteiger partial charge is 0.354 e. The molecule has 0 bridgehead atoms. The van der Waals surface area contributed by atoms with Crippen LogP contribution >= 0.6 is 12.2 Å². The number of nitrogens with zero attached hydrogens (tertiary/aromatic N) is 1. The molecule has 28 heavy (non-hydrogen) atoms. The Balaban J connectivity index is 1.55. The molecule has 5 nitrogen and oxygen atoms in total. The molecule has 0 fully saturated rings. The van der Waals surface area contributed by atoms with Gasteiger partial charge in [-0.25, -0.2) is 0 Å². The Morgan fingerprint density at radius 1 is 0.964 bits per heavy atom. The first-order valence-electron chi connectivity index (χ1n) is 9.41. The van der Waals surface area contributed by atoms with E-state index in [0.29, 0.717) is 11.3 Å². The van der Waals surface area contributed by atoms with E-state index in [-0.39, 0.29) is 5.56 Å². The first kappa shape index (κ1) is 17.2. The van der Waals surface area contributed by atoms with Gasteiger partial charge in [-0.05, 0) is 35.8 Å². The third kappa shape index (κ3) is 3.00. The van der Waals surface area contributed by atoms with Crippen molar-refractivity contribution in [2.24, 2.45) is 0 Å². The molecule has 0 spiro atoms. The lowest BCUT2D eigenvalue weighted by Crippen LogP contribution is -2.34. The molecule has 4 aromatic rings. The smallest absolute Gasteiger partial charge is 0.255 e.